The lowest BCUT2D eigenvalue weighted by atomic mass is 10.0. The molecular weight excluding hydrogens is 361 g/mol. The van der Waals surface area contributed by atoms with Crippen LogP contribution < -0.4 is 5.32 Å². The molecule has 0 saturated heterocycles. The van der Waals surface area contributed by atoms with Crippen LogP contribution in [0.3, 0.4) is 0 Å². The van der Waals surface area contributed by atoms with Crippen LogP contribution >= 0.6 is 38.9 Å². The zero-order valence-corrected chi connectivity index (χ0v) is 14.3. The van der Waals surface area contributed by atoms with Gasteiger partial charge in [-0.1, -0.05) is 40.5 Å². The van der Waals surface area contributed by atoms with E-state index in [1.807, 2.05) is 12.1 Å². The average Bonchev–Trinajstić information content (AvgIpc) is 2.83. The molecule has 2 rings (SSSR count). The standard InChI is InChI=1S/C15H16BrClFNS/c1-2-7-19-13(14-5-6-15(17)20-14)8-10-3-4-11(18)9-12(10)16/h3-6,9,13,19H,2,7-8H2,1H3. The number of halogens is 3. The van der Waals surface area contributed by atoms with E-state index in [1.54, 1.807) is 11.3 Å². The summed E-state index contributed by atoms with van der Waals surface area (Å²) in [5.41, 5.74) is 1.09. The molecule has 0 aliphatic heterocycles. The molecule has 1 aromatic carbocycles. The molecule has 0 spiro atoms. The van der Waals surface area contributed by atoms with E-state index in [9.17, 15) is 4.39 Å². The number of hydrogen-bond acceptors (Lipinski definition) is 2. The van der Waals surface area contributed by atoms with Crippen LogP contribution in [-0.2, 0) is 6.42 Å². The van der Waals surface area contributed by atoms with Gasteiger partial charge in [0.2, 0.25) is 0 Å². The summed E-state index contributed by atoms with van der Waals surface area (Å²) in [6.45, 7) is 3.08. The highest BCUT2D eigenvalue weighted by Crippen LogP contribution is 2.31. The zero-order chi connectivity index (χ0) is 14.5. The van der Waals surface area contributed by atoms with Crippen molar-refractivity contribution in [1.82, 2.24) is 5.32 Å². The fourth-order valence-electron chi connectivity index (χ4n) is 2.01. The molecule has 0 fully saturated rings. The fraction of sp³-hybridized carbons (Fsp3) is 0.333. The predicted molar refractivity (Wildman–Crippen MR) is 88.2 cm³/mol. The lowest BCUT2D eigenvalue weighted by molar-refractivity contribution is 0.535. The monoisotopic (exact) mass is 375 g/mol. The van der Waals surface area contributed by atoms with Gasteiger partial charge in [-0.25, -0.2) is 4.39 Å². The second-order valence-electron chi connectivity index (χ2n) is 4.59. The molecule has 1 atom stereocenters. The molecule has 0 radical (unpaired) electrons. The number of rotatable bonds is 6. The second kappa shape index (κ2) is 7.55. The fourth-order valence-corrected chi connectivity index (χ4v) is 3.66. The molecule has 5 heteroatoms. The Balaban J connectivity index is 2.18. The van der Waals surface area contributed by atoms with E-state index < -0.39 is 0 Å². The zero-order valence-electron chi connectivity index (χ0n) is 11.1. The number of benzene rings is 1. The summed E-state index contributed by atoms with van der Waals surface area (Å²) in [7, 11) is 0. The van der Waals surface area contributed by atoms with Gasteiger partial charge in [0, 0.05) is 15.4 Å². The van der Waals surface area contributed by atoms with E-state index in [1.165, 1.54) is 17.0 Å². The molecule has 0 aliphatic carbocycles. The van der Waals surface area contributed by atoms with Gasteiger partial charge in [-0.2, -0.15) is 0 Å². The number of hydrogen-bond donors (Lipinski definition) is 1. The van der Waals surface area contributed by atoms with Gasteiger partial charge in [-0.05, 0) is 49.2 Å². The van der Waals surface area contributed by atoms with Gasteiger partial charge in [0.15, 0.2) is 0 Å². The summed E-state index contributed by atoms with van der Waals surface area (Å²) < 4.78 is 14.8. The molecule has 0 saturated carbocycles. The lowest BCUT2D eigenvalue weighted by Gasteiger charge is -2.18. The molecule has 1 nitrogen and oxygen atoms in total. The summed E-state index contributed by atoms with van der Waals surface area (Å²) in [5.74, 6) is -0.224. The van der Waals surface area contributed by atoms with Crippen LogP contribution in [0.15, 0.2) is 34.8 Å². The summed E-state index contributed by atoms with van der Waals surface area (Å²) in [6.07, 6.45) is 1.87. The minimum Gasteiger partial charge on any atom is -0.309 e. The van der Waals surface area contributed by atoms with Gasteiger partial charge < -0.3 is 5.32 Å². The van der Waals surface area contributed by atoms with Crippen LogP contribution in [0.5, 0.6) is 0 Å². The quantitative estimate of drug-likeness (QED) is 0.693. The first-order chi connectivity index (χ1) is 9.60. The predicted octanol–water partition coefficient (Wildman–Crippen LogP) is 5.59. The van der Waals surface area contributed by atoms with Crippen LogP contribution in [-0.4, -0.2) is 6.54 Å². The molecule has 20 heavy (non-hydrogen) atoms. The first-order valence-electron chi connectivity index (χ1n) is 6.52. The highest BCUT2D eigenvalue weighted by molar-refractivity contribution is 9.10. The molecule has 1 aromatic heterocycles. The Kier molecular flexibility index (Phi) is 6.02. The van der Waals surface area contributed by atoms with Crippen molar-refractivity contribution >= 4 is 38.9 Å². The summed E-state index contributed by atoms with van der Waals surface area (Å²) >= 11 is 11.0. The molecule has 1 N–H and O–H groups in total. The van der Waals surface area contributed by atoms with Gasteiger partial charge in [-0.15, -0.1) is 11.3 Å². The normalized spacial score (nSPS) is 12.6. The van der Waals surface area contributed by atoms with Crippen molar-refractivity contribution in [2.24, 2.45) is 0 Å². The maximum absolute atomic E-state index is 13.2. The Morgan fingerprint density at radius 2 is 2.15 bits per heavy atom. The Morgan fingerprint density at radius 1 is 1.35 bits per heavy atom. The van der Waals surface area contributed by atoms with Crippen LogP contribution in [0.1, 0.15) is 29.8 Å². The van der Waals surface area contributed by atoms with Crippen molar-refractivity contribution in [2.45, 2.75) is 25.8 Å². The first kappa shape index (κ1) is 16.0. The maximum Gasteiger partial charge on any atom is 0.124 e. The molecule has 1 unspecified atom stereocenters. The first-order valence-corrected chi connectivity index (χ1v) is 8.51. The minimum atomic E-state index is -0.224. The van der Waals surface area contributed by atoms with E-state index in [0.717, 1.165) is 33.8 Å². The highest BCUT2D eigenvalue weighted by atomic mass is 79.9. The third kappa shape index (κ3) is 4.29. The average molecular weight is 377 g/mol. The lowest BCUT2D eigenvalue weighted by Crippen LogP contribution is -2.23. The van der Waals surface area contributed by atoms with Crippen molar-refractivity contribution in [3.63, 3.8) is 0 Å². The van der Waals surface area contributed by atoms with Gasteiger partial charge in [0.1, 0.15) is 5.82 Å². The molecule has 0 bridgehead atoms. The SMILES string of the molecule is CCCNC(Cc1ccc(F)cc1Br)c1ccc(Cl)s1. The third-order valence-corrected chi connectivity index (χ3v) is 5.10. The molecule has 2 aromatic rings. The molecule has 108 valence electrons. The van der Waals surface area contributed by atoms with Crippen molar-refractivity contribution in [3.05, 3.63) is 55.4 Å². The minimum absolute atomic E-state index is 0.203. The highest BCUT2D eigenvalue weighted by Gasteiger charge is 2.15. The van der Waals surface area contributed by atoms with Gasteiger partial charge in [0.25, 0.3) is 0 Å². The molecule has 0 amide bonds. The largest absolute Gasteiger partial charge is 0.309 e. The van der Waals surface area contributed by atoms with Crippen LogP contribution in [0.25, 0.3) is 0 Å². The van der Waals surface area contributed by atoms with Crippen LogP contribution in [0.4, 0.5) is 4.39 Å². The van der Waals surface area contributed by atoms with Gasteiger partial charge >= 0.3 is 0 Å². The van der Waals surface area contributed by atoms with E-state index in [0.29, 0.717) is 0 Å². The topological polar surface area (TPSA) is 12.0 Å². The number of thiophene rings is 1. The van der Waals surface area contributed by atoms with Crippen LogP contribution in [0.2, 0.25) is 4.34 Å². The summed E-state index contributed by atoms with van der Waals surface area (Å²) in [6, 6.07) is 9.01. The maximum atomic E-state index is 13.2. The molecule has 0 aliphatic rings. The Hall–Kier alpha value is -0.420. The van der Waals surface area contributed by atoms with Crippen molar-refractivity contribution in [1.29, 1.82) is 0 Å². The van der Waals surface area contributed by atoms with E-state index >= 15 is 0 Å². The molecular formula is C15H16BrClFNS. The van der Waals surface area contributed by atoms with Crippen molar-refractivity contribution in [2.75, 3.05) is 6.54 Å². The van der Waals surface area contributed by atoms with Crippen LogP contribution in [0, 0.1) is 5.82 Å². The Labute approximate surface area is 136 Å². The second-order valence-corrected chi connectivity index (χ2v) is 7.19. The third-order valence-electron chi connectivity index (χ3n) is 3.02. The molecule has 1 heterocycles. The van der Waals surface area contributed by atoms with E-state index in [-0.39, 0.29) is 11.9 Å². The van der Waals surface area contributed by atoms with Gasteiger partial charge in [-0.3, -0.25) is 0 Å². The van der Waals surface area contributed by atoms with Crippen molar-refractivity contribution in [3.8, 4) is 0 Å². The number of nitrogens with one attached hydrogen (secondary N) is 1. The van der Waals surface area contributed by atoms with Crippen molar-refractivity contribution < 1.29 is 4.39 Å². The summed E-state index contributed by atoms with van der Waals surface area (Å²) in [4.78, 5) is 1.21. The van der Waals surface area contributed by atoms with Gasteiger partial charge in [0.05, 0.1) is 4.34 Å². The Bertz CT molecular complexity index is 573. The van der Waals surface area contributed by atoms with E-state index in [4.69, 9.17) is 11.6 Å². The Morgan fingerprint density at radius 3 is 2.75 bits per heavy atom. The smallest absolute Gasteiger partial charge is 0.124 e. The summed E-state index contributed by atoms with van der Waals surface area (Å²) in [5, 5.41) is 3.53. The van der Waals surface area contributed by atoms with E-state index in [2.05, 4.69) is 34.2 Å².